The molecule has 4 nitrogen and oxygen atoms in total. The quantitative estimate of drug-likeness (QED) is 0.449. The van der Waals surface area contributed by atoms with E-state index in [1.807, 2.05) is 12.1 Å². The number of H-pyrrole nitrogens is 1. The van der Waals surface area contributed by atoms with Crippen LogP contribution < -0.4 is 0 Å². The van der Waals surface area contributed by atoms with Crippen molar-refractivity contribution in [3.05, 3.63) is 52.3 Å². The van der Waals surface area contributed by atoms with E-state index in [0.29, 0.717) is 0 Å². The number of aryl methyl sites for hydroxylation is 3. The van der Waals surface area contributed by atoms with Crippen molar-refractivity contribution in [3.8, 4) is 6.19 Å². The number of aromatic amines is 1. The standard InChI is InChI=1S/C16H16N4.2ClH.Fe/c1-11-6-12(2)16(13(3)7-11)19-9-15-5-4-14(20-15)8-18-10-17;;;/h4-9,20H,1-3H3;2*1H;/q;;;+2/p-2. The van der Waals surface area contributed by atoms with Crippen molar-refractivity contribution in [2.24, 2.45) is 9.98 Å². The van der Waals surface area contributed by atoms with Gasteiger partial charge in [0.15, 0.2) is 0 Å². The van der Waals surface area contributed by atoms with Gasteiger partial charge >= 0.3 is 33.3 Å². The molecule has 2 aromatic rings. The van der Waals surface area contributed by atoms with Crippen molar-refractivity contribution in [3.63, 3.8) is 0 Å². The third kappa shape index (κ3) is 6.60. The first-order valence-electron chi connectivity index (χ1n) is 6.60. The summed E-state index contributed by atoms with van der Waals surface area (Å²) in [5.41, 5.74) is 6.23. The second-order valence-electron chi connectivity index (χ2n) is 4.78. The Morgan fingerprint density at radius 3 is 2.13 bits per heavy atom. The first-order valence-corrected chi connectivity index (χ1v) is 9.64. The summed E-state index contributed by atoms with van der Waals surface area (Å²) in [4.78, 5) is 11.2. The molecule has 0 saturated heterocycles. The molecule has 1 N–H and O–H groups in total. The van der Waals surface area contributed by atoms with E-state index in [2.05, 4.69) is 47.9 Å². The average Bonchev–Trinajstić information content (AvgIpc) is 2.92. The van der Waals surface area contributed by atoms with Crippen LogP contribution in [0.5, 0.6) is 0 Å². The zero-order valence-electron chi connectivity index (χ0n) is 12.9. The van der Waals surface area contributed by atoms with Crippen molar-refractivity contribution in [2.45, 2.75) is 20.8 Å². The zero-order chi connectivity index (χ0) is 17.2. The molecule has 0 bridgehead atoms. The number of halogens is 2. The molecule has 0 saturated carbocycles. The molecular weight excluding hydrogens is 375 g/mol. The van der Waals surface area contributed by atoms with Gasteiger partial charge in [0.1, 0.15) is 0 Å². The van der Waals surface area contributed by atoms with E-state index in [1.165, 1.54) is 11.8 Å². The van der Waals surface area contributed by atoms with Crippen molar-refractivity contribution in [1.82, 2.24) is 4.98 Å². The van der Waals surface area contributed by atoms with Crippen molar-refractivity contribution in [2.75, 3.05) is 0 Å². The number of aromatic nitrogens is 1. The van der Waals surface area contributed by atoms with Crippen LogP contribution in [0.2, 0.25) is 0 Å². The Morgan fingerprint density at radius 2 is 1.61 bits per heavy atom. The number of nitrogens with one attached hydrogen (secondary N) is 1. The number of aliphatic imine (C=N–C) groups is 2. The van der Waals surface area contributed by atoms with Crippen LogP contribution in [0.25, 0.3) is 0 Å². The van der Waals surface area contributed by atoms with Crippen LogP contribution in [0, 0.1) is 32.2 Å². The summed E-state index contributed by atoms with van der Waals surface area (Å²) in [6, 6.07) is 8.01. The molecule has 0 atom stereocenters. The summed E-state index contributed by atoms with van der Waals surface area (Å²) in [5.74, 6) is 0. The van der Waals surface area contributed by atoms with Gasteiger partial charge in [0, 0.05) is 0 Å². The molecule has 1 heterocycles. The molecule has 0 spiro atoms. The maximum atomic E-state index is 8.38. The predicted octanol–water partition coefficient (Wildman–Crippen LogP) is 4.97. The van der Waals surface area contributed by atoms with Gasteiger partial charge in [-0.3, -0.25) is 4.99 Å². The van der Waals surface area contributed by atoms with Crippen molar-refractivity contribution < 1.29 is 13.1 Å². The van der Waals surface area contributed by atoms with Crippen LogP contribution in [0.1, 0.15) is 28.1 Å². The van der Waals surface area contributed by atoms with Crippen molar-refractivity contribution >= 4 is 38.3 Å². The molecule has 0 fully saturated rings. The Labute approximate surface area is 150 Å². The maximum absolute atomic E-state index is 8.38. The zero-order valence-corrected chi connectivity index (χ0v) is 15.5. The predicted molar refractivity (Wildman–Crippen MR) is 93.6 cm³/mol. The van der Waals surface area contributed by atoms with E-state index in [9.17, 15) is 0 Å². The van der Waals surface area contributed by atoms with Crippen LogP contribution in [0.4, 0.5) is 5.69 Å². The third-order valence-corrected chi connectivity index (χ3v) is 2.96. The van der Waals surface area contributed by atoms with Gasteiger partial charge in [-0.05, 0) is 44.0 Å². The molecule has 0 aliphatic heterocycles. The van der Waals surface area contributed by atoms with Gasteiger partial charge in [0.25, 0.3) is 0 Å². The van der Waals surface area contributed by atoms with Crippen LogP contribution >= 0.6 is 20.2 Å². The normalized spacial score (nSPS) is 10.8. The van der Waals surface area contributed by atoms with E-state index in [1.54, 1.807) is 12.4 Å². The molecule has 0 amide bonds. The topological polar surface area (TPSA) is 64.3 Å². The molecular formula is C16H16Cl2FeN4. The molecule has 23 heavy (non-hydrogen) atoms. The van der Waals surface area contributed by atoms with E-state index < -0.39 is 0 Å². The van der Waals surface area contributed by atoms with Crippen LogP contribution in [0.3, 0.4) is 0 Å². The molecule has 1 aromatic carbocycles. The Kier molecular flexibility index (Phi) is 8.68. The molecule has 0 radical (unpaired) electrons. The Bertz CT molecular complexity index is 722. The molecule has 0 unspecified atom stereocenters. The summed E-state index contributed by atoms with van der Waals surface area (Å²) in [6.07, 6.45) is 4.99. The summed E-state index contributed by atoms with van der Waals surface area (Å²) in [5, 5.41) is 8.38. The first kappa shape index (κ1) is 19.5. The number of hydrogen-bond acceptors (Lipinski definition) is 3. The minimum atomic E-state index is 0.194. The number of nitriles is 1. The van der Waals surface area contributed by atoms with Crippen LogP contribution in [-0.4, -0.2) is 17.4 Å². The van der Waals surface area contributed by atoms with Gasteiger partial charge in [-0.1, -0.05) is 17.7 Å². The van der Waals surface area contributed by atoms with Crippen LogP contribution in [0.15, 0.2) is 34.3 Å². The van der Waals surface area contributed by atoms with E-state index in [0.717, 1.165) is 28.2 Å². The fourth-order valence-corrected chi connectivity index (χ4v) is 2.19. The summed E-state index contributed by atoms with van der Waals surface area (Å²) < 4.78 is 0. The molecule has 2 rings (SSSR count). The molecule has 0 aliphatic rings. The summed E-state index contributed by atoms with van der Waals surface area (Å²) in [6.45, 7) is 6.21. The monoisotopic (exact) mass is 390 g/mol. The van der Waals surface area contributed by atoms with Gasteiger partial charge < -0.3 is 4.98 Å². The Balaban J connectivity index is 0.000000816. The molecule has 7 heteroatoms. The fraction of sp³-hybridized carbons (Fsp3) is 0.188. The second-order valence-corrected chi connectivity index (χ2v) is 6.61. The summed E-state index contributed by atoms with van der Waals surface area (Å²) in [7, 11) is 9.53. The molecule has 0 aliphatic carbocycles. The van der Waals surface area contributed by atoms with E-state index in [4.69, 9.17) is 25.5 Å². The molecule has 1 aromatic heterocycles. The van der Waals surface area contributed by atoms with E-state index >= 15 is 0 Å². The van der Waals surface area contributed by atoms with E-state index in [-0.39, 0.29) is 13.1 Å². The Morgan fingerprint density at radius 1 is 1.09 bits per heavy atom. The first-order chi connectivity index (χ1) is 11.0. The second kappa shape index (κ2) is 10.3. The van der Waals surface area contributed by atoms with Crippen molar-refractivity contribution in [1.29, 1.82) is 5.26 Å². The minimum absolute atomic E-state index is 0.194. The Hall–Kier alpha value is -1.57. The van der Waals surface area contributed by atoms with Gasteiger partial charge in [-0.2, -0.15) is 10.3 Å². The number of rotatable bonds is 3. The fourth-order valence-electron chi connectivity index (χ4n) is 2.19. The average molecular weight is 391 g/mol. The third-order valence-electron chi connectivity index (χ3n) is 2.96. The van der Waals surface area contributed by atoms with Crippen LogP contribution in [-0.2, 0) is 13.1 Å². The number of benzene rings is 1. The number of hydrogen-bond donors (Lipinski definition) is 1. The van der Waals surface area contributed by atoms with Gasteiger partial charge in [0.05, 0.1) is 29.5 Å². The summed E-state index contributed by atoms with van der Waals surface area (Å²) >= 11 is 0.194. The molecule has 122 valence electrons. The SMILES string of the molecule is Cc1cc(C)c(N=Cc2ccc(C=NC#N)[nH]2)c(C)c1.[Cl][Fe][Cl]. The number of nitrogens with zero attached hydrogens (tertiary/aromatic N) is 3. The van der Waals surface area contributed by atoms with Gasteiger partial charge in [0.2, 0.25) is 6.19 Å². The van der Waals surface area contributed by atoms with Gasteiger partial charge in [-0.15, -0.1) is 0 Å². The van der Waals surface area contributed by atoms with Gasteiger partial charge in [-0.25, -0.2) is 0 Å².